The lowest BCUT2D eigenvalue weighted by Gasteiger charge is -2.19. The Bertz CT molecular complexity index is 1570. The van der Waals surface area contributed by atoms with Gasteiger partial charge < -0.3 is 20.1 Å². The van der Waals surface area contributed by atoms with E-state index in [2.05, 4.69) is 86.8 Å². The molecule has 9 nitrogen and oxygen atoms in total. The smallest absolute Gasteiger partial charge is 0.462 e. The van der Waals surface area contributed by atoms with Crippen LogP contribution in [0, 0.1) is 0 Å². The Labute approximate surface area is 507 Å². The zero-order valence-corrected chi connectivity index (χ0v) is 54.6. The maximum Gasteiger partial charge on any atom is 0.472 e. The summed E-state index contributed by atoms with van der Waals surface area (Å²) in [6.45, 7) is 3.64. The summed E-state index contributed by atoms with van der Waals surface area (Å²) in [4.78, 5) is 35.3. The van der Waals surface area contributed by atoms with Crippen LogP contribution < -0.4 is 5.73 Å². The Morgan fingerprint density at radius 3 is 1.00 bits per heavy atom. The highest BCUT2D eigenvalue weighted by Gasteiger charge is 2.26. The van der Waals surface area contributed by atoms with Crippen LogP contribution in [0.2, 0.25) is 0 Å². The van der Waals surface area contributed by atoms with E-state index in [4.69, 9.17) is 24.3 Å². The molecule has 478 valence electrons. The molecule has 0 bridgehead atoms. The molecule has 0 aromatic rings. The van der Waals surface area contributed by atoms with Gasteiger partial charge in [-0.25, -0.2) is 4.57 Å². The number of allylic oxidation sites excluding steroid dienone is 12. The summed E-state index contributed by atoms with van der Waals surface area (Å²) >= 11 is 0. The maximum absolute atomic E-state index is 12.7. The van der Waals surface area contributed by atoms with Crippen molar-refractivity contribution >= 4 is 19.8 Å². The van der Waals surface area contributed by atoms with Crippen LogP contribution in [0.15, 0.2) is 72.9 Å². The molecule has 0 fully saturated rings. The fraction of sp³-hybridized carbons (Fsp3) is 0.806. The van der Waals surface area contributed by atoms with Crippen LogP contribution in [0.5, 0.6) is 0 Å². The third kappa shape index (κ3) is 66.6. The predicted molar refractivity (Wildman–Crippen MR) is 353 cm³/mol. The van der Waals surface area contributed by atoms with Crippen molar-refractivity contribution in [3.63, 3.8) is 0 Å². The zero-order valence-electron chi connectivity index (χ0n) is 53.7. The number of hydrogen-bond donors (Lipinski definition) is 2. The summed E-state index contributed by atoms with van der Waals surface area (Å²) in [5, 5.41) is 0. The highest BCUT2D eigenvalue weighted by atomic mass is 31.2. The normalized spacial score (nSPS) is 13.4. The Morgan fingerprint density at radius 2 is 0.671 bits per heavy atom. The molecule has 0 radical (unpaired) electrons. The molecule has 0 aromatic carbocycles. The Morgan fingerprint density at radius 1 is 0.378 bits per heavy atom. The van der Waals surface area contributed by atoms with Crippen molar-refractivity contribution in [3.8, 4) is 0 Å². The average molecular weight is 1170 g/mol. The molecule has 2 unspecified atom stereocenters. The van der Waals surface area contributed by atoms with E-state index in [1.54, 1.807) is 0 Å². The Hall–Kier alpha value is -2.55. The van der Waals surface area contributed by atoms with Crippen LogP contribution in [0.1, 0.15) is 341 Å². The van der Waals surface area contributed by atoms with Crippen LogP contribution in [0.4, 0.5) is 0 Å². The molecule has 82 heavy (non-hydrogen) atoms. The molecule has 0 rings (SSSR count). The van der Waals surface area contributed by atoms with Gasteiger partial charge in [-0.1, -0.05) is 337 Å². The number of nitrogens with two attached hydrogens (primary N) is 1. The summed E-state index contributed by atoms with van der Waals surface area (Å²) in [7, 11) is -4.40. The topological polar surface area (TPSA) is 134 Å². The molecule has 0 spiro atoms. The van der Waals surface area contributed by atoms with Crippen molar-refractivity contribution in [3.05, 3.63) is 72.9 Å². The summed E-state index contributed by atoms with van der Waals surface area (Å²) in [5.74, 6) is -0.847. The number of hydrogen-bond acceptors (Lipinski definition) is 8. The minimum atomic E-state index is -4.40. The Balaban J connectivity index is 3.82. The van der Waals surface area contributed by atoms with Gasteiger partial charge in [0.2, 0.25) is 0 Å². The van der Waals surface area contributed by atoms with Crippen molar-refractivity contribution in [2.24, 2.45) is 5.73 Å². The fourth-order valence-corrected chi connectivity index (χ4v) is 11.0. The molecule has 10 heteroatoms. The molecule has 0 aliphatic heterocycles. The van der Waals surface area contributed by atoms with Crippen LogP contribution in [-0.2, 0) is 32.7 Å². The molecular formula is C72H132NO8P. The molecule has 0 saturated heterocycles. The fourth-order valence-electron chi connectivity index (χ4n) is 10.2. The zero-order chi connectivity index (χ0) is 59.4. The monoisotopic (exact) mass is 1170 g/mol. The van der Waals surface area contributed by atoms with Crippen molar-refractivity contribution < 1.29 is 37.6 Å². The van der Waals surface area contributed by atoms with E-state index >= 15 is 0 Å². The second kappa shape index (κ2) is 67.6. The lowest BCUT2D eigenvalue weighted by atomic mass is 10.0. The summed E-state index contributed by atoms with van der Waals surface area (Å²) in [5.41, 5.74) is 5.39. The highest BCUT2D eigenvalue weighted by Crippen LogP contribution is 2.43. The predicted octanol–water partition coefficient (Wildman–Crippen LogP) is 22.8. The van der Waals surface area contributed by atoms with Crippen LogP contribution in [-0.4, -0.2) is 49.3 Å². The van der Waals surface area contributed by atoms with E-state index in [-0.39, 0.29) is 38.6 Å². The largest absolute Gasteiger partial charge is 0.472 e. The highest BCUT2D eigenvalue weighted by molar-refractivity contribution is 7.47. The molecular weight excluding hydrogens is 1040 g/mol. The number of esters is 2. The number of phosphoric acid groups is 1. The standard InChI is InChI=1S/C72H132NO8P/c1-3-5-7-9-11-13-15-17-19-21-23-25-27-28-29-30-31-32-33-34-35-36-37-38-39-40-41-43-44-46-48-50-52-54-56-58-60-62-64-71(74)78-68-70(69-80-82(76,77)79-67-66-73)81-72(75)65-63-61-59-57-55-53-51-49-47-45-42-26-24-22-20-18-16-14-12-10-8-6-4-2/h6,8,12,14,18,20,24,26,45,47,51,53,70H,3-5,7,9-11,13,15-17,19,21-23,25,27-44,46,48-50,52,54-69,73H2,1-2H3,(H,76,77)/b8-6-,14-12-,20-18-,26-24-,47-45-,53-51-. The van der Waals surface area contributed by atoms with Crippen LogP contribution in [0.3, 0.4) is 0 Å². The van der Waals surface area contributed by atoms with Gasteiger partial charge in [0, 0.05) is 19.4 Å². The number of rotatable bonds is 66. The van der Waals surface area contributed by atoms with E-state index < -0.39 is 26.5 Å². The molecule has 0 saturated carbocycles. The molecule has 2 atom stereocenters. The summed E-state index contributed by atoms with van der Waals surface area (Å²) in [6.07, 6.45) is 88.8. The number of ether oxygens (including phenoxy) is 2. The summed E-state index contributed by atoms with van der Waals surface area (Å²) < 4.78 is 33.1. The number of phosphoric ester groups is 1. The molecule has 0 aliphatic carbocycles. The minimum Gasteiger partial charge on any atom is -0.462 e. The van der Waals surface area contributed by atoms with Gasteiger partial charge in [0.05, 0.1) is 13.2 Å². The van der Waals surface area contributed by atoms with Gasteiger partial charge in [0.15, 0.2) is 6.10 Å². The Kier molecular flexibility index (Phi) is 65.5. The number of unbranched alkanes of at least 4 members (excludes halogenated alkanes) is 41. The molecule has 3 N–H and O–H groups in total. The maximum atomic E-state index is 12.7. The van der Waals surface area contributed by atoms with Gasteiger partial charge >= 0.3 is 19.8 Å². The van der Waals surface area contributed by atoms with Gasteiger partial charge in [-0.05, 0) is 64.2 Å². The van der Waals surface area contributed by atoms with Crippen molar-refractivity contribution in [1.29, 1.82) is 0 Å². The van der Waals surface area contributed by atoms with Crippen LogP contribution in [0.25, 0.3) is 0 Å². The van der Waals surface area contributed by atoms with E-state index in [9.17, 15) is 19.0 Å². The third-order valence-corrected chi connectivity index (χ3v) is 16.3. The van der Waals surface area contributed by atoms with Gasteiger partial charge in [0.1, 0.15) is 6.61 Å². The molecule has 0 heterocycles. The number of carbonyl (C=O) groups is 2. The van der Waals surface area contributed by atoms with Gasteiger partial charge in [-0.3, -0.25) is 18.6 Å². The van der Waals surface area contributed by atoms with E-state index in [1.165, 1.54) is 225 Å². The van der Waals surface area contributed by atoms with Crippen LogP contribution >= 0.6 is 7.82 Å². The molecule has 0 aliphatic rings. The van der Waals surface area contributed by atoms with E-state index in [0.29, 0.717) is 6.42 Å². The number of carbonyl (C=O) groups excluding carboxylic acids is 2. The van der Waals surface area contributed by atoms with Gasteiger partial charge in [-0.15, -0.1) is 0 Å². The lowest BCUT2D eigenvalue weighted by molar-refractivity contribution is -0.161. The average Bonchev–Trinajstić information content (AvgIpc) is 3.48. The lowest BCUT2D eigenvalue weighted by Crippen LogP contribution is -2.29. The first-order valence-electron chi connectivity index (χ1n) is 34.9. The van der Waals surface area contributed by atoms with Gasteiger partial charge in [-0.2, -0.15) is 0 Å². The second-order valence-corrected chi connectivity index (χ2v) is 24.8. The first-order valence-corrected chi connectivity index (χ1v) is 36.4. The van der Waals surface area contributed by atoms with Crippen molar-refractivity contribution in [1.82, 2.24) is 0 Å². The van der Waals surface area contributed by atoms with Gasteiger partial charge in [0.25, 0.3) is 0 Å². The first-order chi connectivity index (χ1) is 40.3. The SMILES string of the molecule is CC/C=C\C/C=C\C/C=C\C/C=C\C/C=C\C/C=C\CCCCCCC(=O)OC(COC(=O)CCCCCCCCCCCCCCCCCCCCCCCCCCCCCCCCCCCCCCCC)COP(=O)(O)OCCN. The van der Waals surface area contributed by atoms with E-state index in [1.807, 2.05) is 0 Å². The van der Waals surface area contributed by atoms with E-state index in [0.717, 1.165) is 83.5 Å². The first kappa shape index (κ1) is 79.5. The van der Waals surface area contributed by atoms with Crippen molar-refractivity contribution in [2.45, 2.75) is 347 Å². The quantitative estimate of drug-likeness (QED) is 0.0264. The minimum absolute atomic E-state index is 0.0468. The third-order valence-electron chi connectivity index (χ3n) is 15.4. The van der Waals surface area contributed by atoms with Crippen molar-refractivity contribution in [2.75, 3.05) is 26.4 Å². The molecule has 0 amide bonds. The summed E-state index contributed by atoms with van der Waals surface area (Å²) in [6, 6.07) is 0. The molecule has 0 aromatic heterocycles. The second-order valence-electron chi connectivity index (χ2n) is 23.4.